The highest BCUT2D eigenvalue weighted by atomic mass is 32.2. The molecule has 2 aromatic carbocycles. The second-order valence-electron chi connectivity index (χ2n) is 5.89. The van der Waals surface area contributed by atoms with Crippen LogP contribution in [0.5, 0.6) is 11.5 Å². The van der Waals surface area contributed by atoms with Crippen molar-refractivity contribution in [2.24, 2.45) is 0 Å². The van der Waals surface area contributed by atoms with Crippen LogP contribution in [0.2, 0.25) is 0 Å². The third-order valence-corrected chi connectivity index (χ3v) is 5.92. The van der Waals surface area contributed by atoms with Gasteiger partial charge in [0.2, 0.25) is 10.0 Å². The van der Waals surface area contributed by atoms with Gasteiger partial charge in [-0.05, 0) is 36.4 Å². The van der Waals surface area contributed by atoms with Crippen LogP contribution in [0, 0.1) is 0 Å². The lowest BCUT2D eigenvalue weighted by atomic mass is 10.2. The molecule has 1 heterocycles. The van der Waals surface area contributed by atoms with Crippen LogP contribution < -0.4 is 14.8 Å². The molecule has 1 aliphatic rings. The number of para-hydroxylation sites is 2. The van der Waals surface area contributed by atoms with Crippen LogP contribution >= 0.6 is 0 Å². The Morgan fingerprint density at radius 1 is 1.15 bits per heavy atom. The highest BCUT2D eigenvalue weighted by Crippen LogP contribution is 2.31. The zero-order valence-corrected chi connectivity index (χ0v) is 15.3. The summed E-state index contributed by atoms with van der Waals surface area (Å²) in [7, 11) is -0.688. The Balaban J connectivity index is 1.71. The first kappa shape index (κ1) is 18.2. The van der Waals surface area contributed by atoms with E-state index in [0.29, 0.717) is 17.1 Å². The van der Waals surface area contributed by atoms with Gasteiger partial charge >= 0.3 is 0 Å². The highest BCUT2D eigenvalue weighted by Gasteiger charge is 2.28. The number of hydrogen-bond donors (Lipinski definition) is 1. The van der Waals surface area contributed by atoms with E-state index < -0.39 is 16.1 Å². The van der Waals surface area contributed by atoms with Gasteiger partial charge in [-0.3, -0.25) is 4.79 Å². The van der Waals surface area contributed by atoms with Crippen molar-refractivity contribution in [2.75, 3.05) is 27.2 Å². The number of carbonyl (C=O) groups excluding carboxylic acids is 1. The average molecular weight is 376 g/mol. The first-order valence-corrected chi connectivity index (χ1v) is 9.53. The second kappa shape index (κ2) is 7.35. The van der Waals surface area contributed by atoms with Gasteiger partial charge in [-0.2, -0.15) is 4.31 Å². The molecule has 0 fully saturated rings. The molecule has 2 aromatic rings. The monoisotopic (exact) mass is 376 g/mol. The summed E-state index contributed by atoms with van der Waals surface area (Å²) in [6.45, 7) is 0.417. The van der Waals surface area contributed by atoms with E-state index in [1.165, 1.54) is 42.7 Å². The van der Waals surface area contributed by atoms with E-state index in [1.807, 2.05) is 12.1 Å². The highest BCUT2D eigenvalue weighted by molar-refractivity contribution is 7.89. The van der Waals surface area contributed by atoms with Crippen molar-refractivity contribution in [3.05, 3.63) is 54.1 Å². The van der Waals surface area contributed by atoms with Gasteiger partial charge < -0.3 is 14.8 Å². The predicted octanol–water partition coefficient (Wildman–Crippen LogP) is 1.51. The first-order chi connectivity index (χ1) is 12.4. The number of fused-ring (bicyclic) bond motifs is 1. The number of nitrogens with one attached hydrogen (secondary N) is 1. The molecule has 3 rings (SSSR count). The van der Waals surface area contributed by atoms with Crippen LogP contribution in [0.1, 0.15) is 10.4 Å². The van der Waals surface area contributed by atoms with E-state index in [2.05, 4.69) is 5.32 Å². The average Bonchev–Trinajstić information content (AvgIpc) is 2.67. The number of sulfonamides is 1. The minimum Gasteiger partial charge on any atom is -0.486 e. The van der Waals surface area contributed by atoms with E-state index >= 15 is 0 Å². The quantitative estimate of drug-likeness (QED) is 0.855. The zero-order chi connectivity index (χ0) is 18.7. The minimum atomic E-state index is -3.70. The number of nitrogens with zero attached hydrogens (tertiary/aromatic N) is 1. The molecule has 0 spiro atoms. The molecule has 1 atom stereocenters. The van der Waals surface area contributed by atoms with Gasteiger partial charge in [0.1, 0.15) is 12.7 Å². The molecule has 1 unspecified atom stereocenters. The molecule has 0 aliphatic carbocycles. The first-order valence-electron chi connectivity index (χ1n) is 8.09. The van der Waals surface area contributed by atoms with Crippen molar-refractivity contribution >= 4 is 15.9 Å². The van der Waals surface area contributed by atoms with E-state index in [1.54, 1.807) is 12.1 Å². The van der Waals surface area contributed by atoms with E-state index in [9.17, 15) is 13.2 Å². The van der Waals surface area contributed by atoms with Crippen molar-refractivity contribution in [3.63, 3.8) is 0 Å². The normalized spacial score (nSPS) is 16.3. The Morgan fingerprint density at radius 3 is 2.46 bits per heavy atom. The van der Waals surface area contributed by atoms with Gasteiger partial charge in [-0.15, -0.1) is 0 Å². The fraction of sp³-hybridized carbons (Fsp3) is 0.278. The van der Waals surface area contributed by atoms with Crippen molar-refractivity contribution in [1.82, 2.24) is 9.62 Å². The van der Waals surface area contributed by atoms with E-state index in [-0.39, 0.29) is 24.0 Å². The SMILES string of the molecule is CNC(=O)c1ccc(S(=O)(=O)N(C)CC2COc3ccccc3O2)cc1. The van der Waals surface area contributed by atoms with Crippen LogP contribution in [-0.4, -0.2) is 52.0 Å². The summed E-state index contributed by atoms with van der Waals surface area (Å²) in [5, 5.41) is 2.50. The standard InChI is InChI=1S/C18H20N2O5S/c1-19-18(21)13-7-9-15(10-8-13)26(22,23)20(2)11-14-12-24-16-5-3-4-6-17(16)25-14/h3-10,14H,11-12H2,1-2H3,(H,19,21). The summed E-state index contributed by atoms with van der Waals surface area (Å²) < 4.78 is 38.1. The number of likely N-dealkylation sites (N-methyl/N-ethyl adjacent to an activating group) is 1. The molecule has 8 heteroatoms. The van der Waals surface area contributed by atoms with Gasteiger partial charge in [-0.25, -0.2) is 8.42 Å². The number of ether oxygens (including phenoxy) is 2. The van der Waals surface area contributed by atoms with Crippen LogP contribution in [0.4, 0.5) is 0 Å². The smallest absolute Gasteiger partial charge is 0.251 e. The molecule has 0 radical (unpaired) electrons. The van der Waals surface area contributed by atoms with Gasteiger partial charge in [0.25, 0.3) is 5.91 Å². The Kier molecular flexibility index (Phi) is 5.15. The fourth-order valence-corrected chi connectivity index (χ4v) is 3.84. The molecule has 0 saturated heterocycles. The molecule has 26 heavy (non-hydrogen) atoms. The summed E-state index contributed by atoms with van der Waals surface area (Å²) in [6.07, 6.45) is -0.408. The van der Waals surface area contributed by atoms with Crippen LogP contribution in [0.25, 0.3) is 0 Å². The molecule has 0 saturated carbocycles. The van der Waals surface area contributed by atoms with Crippen molar-refractivity contribution < 1.29 is 22.7 Å². The van der Waals surface area contributed by atoms with Gasteiger partial charge in [-0.1, -0.05) is 12.1 Å². The molecule has 1 N–H and O–H groups in total. The van der Waals surface area contributed by atoms with Crippen LogP contribution in [0.15, 0.2) is 53.4 Å². The molecule has 138 valence electrons. The molecular formula is C18H20N2O5S. The summed E-state index contributed by atoms with van der Waals surface area (Å²) >= 11 is 0. The lowest BCUT2D eigenvalue weighted by Gasteiger charge is -2.29. The third kappa shape index (κ3) is 3.66. The number of rotatable bonds is 5. The number of benzene rings is 2. The fourth-order valence-electron chi connectivity index (χ4n) is 2.64. The summed E-state index contributed by atoms with van der Waals surface area (Å²) in [4.78, 5) is 11.7. The topological polar surface area (TPSA) is 84.9 Å². The van der Waals surface area contributed by atoms with Gasteiger partial charge in [0.05, 0.1) is 11.4 Å². The maximum atomic E-state index is 12.7. The Morgan fingerprint density at radius 2 is 1.81 bits per heavy atom. The maximum Gasteiger partial charge on any atom is 0.251 e. The number of carbonyl (C=O) groups is 1. The Bertz CT molecular complexity index is 896. The second-order valence-corrected chi connectivity index (χ2v) is 7.93. The molecule has 1 aliphatic heterocycles. The molecule has 0 bridgehead atoms. The lowest BCUT2D eigenvalue weighted by molar-refractivity contribution is 0.0798. The maximum absolute atomic E-state index is 12.7. The number of amides is 1. The number of hydrogen-bond acceptors (Lipinski definition) is 5. The third-order valence-electron chi connectivity index (χ3n) is 4.08. The molecule has 0 aromatic heterocycles. The van der Waals surface area contributed by atoms with Crippen molar-refractivity contribution in [3.8, 4) is 11.5 Å². The summed E-state index contributed by atoms with van der Waals surface area (Å²) in [5.74, 6) is 0.984. The lowest BCUT2D eigenvalue weighted by Crippen LogP contribution is -2.41. The van der Waals surface area contributed by atoms with Crippen molar-refractivity contribution in [1.29, 1.82) is 0 Å². The van der Waals surface area contributed by atoms with Crippen LogP contribution in [-0.2, 0) is 10.0 Å². The minimum absolute atomic E-state index is 0.116. The molecular weight excluding hydrogens is 356 g/mol. The molecule has 7 nitrogen and oxygen atoms in total. The Hall–Kier alpha value is -2.58. The van der Waals surface area contributed by atoms with Crippen LogP contribution in [0.3, 0.4) is 0 Å². The largest absolute Gasteiger partial charge is 0.486 e. The summed E-state index contributed by atoms with van der Waals surface area (Å²) in [5.41, 5.74) is 0.398. The predicted molar refractivity (Wildman–Crippen MR) is 96.0 cm³/mol. The van der Waals surface area contributed by atoms with E-state index in [4.69, 9.17) is 9.47 Å². The molecule has 1 amide bonds. The van der Waals surface area contributed by atoms with E-state index in [0.717, 1.165) is 0 Å². The Labute approximate surface area is 152 Å². The zero-order valence-electron chi connectivity index (χ0n) is 14.5. The van der Waals surface area contributed by atoms with Gasteiger partial charge in [0.15, 0.2) is 11.5 Å². The van der Waals surface area contributed by atoms with Crippen molar-refractivity contribution in [2.45, 2.75) is 11.0 Å². The summed E-state index contributed by atoms with van der Waals surface area (Å²) in [6, 6.07) is 13.1. The van der Waals surface area contributed by atoms with Gasteiger partial charge in [0, 0.05) is 19.7 Å².